The van der Waals surface area contributed by atoms with Gasteiger partial charge in [0.2, 0.25) is 11.8 Å². The first-order chi connectivity index (χ1) is 16.6. The highest BCUT2D eigenvalue weighted by Crippen LogP contribution is 2.31. The van der Waals surface area contributed by atoms with Gasteiger partial charge in [-0.1, -0.05) is 30.3 Å². The summed E-state index contributed by atoms with van der Waals surface area (Å²) in [6.07, 6.45) is 0.148. The Morgan fingerprint density at radius 1 is 0.971 bits per heavy atom. The van der Waals surface area contributed by atoms with Crippen LogP contribution in [-0.2, 0) is 16.2 Å². The Balaban J connectivity index is 1.32. The molecule has 0 aliphatic carbocycles. The van der Waals surface area contributed by atoms with Crippen LogP contribution in [0.1, 0.15) is 12.0 Å². The van der Waals surface area contributed by atoms with Gasteiger partial charge < -0.3 is 19.1 Å². The zero-order valence-corrected chi connectivity index (χ0v) is 19.1. The van der Waals surface area contributed by atoms with Crippen LogP contribution in [0.4, 0.5) is 11.4 Å². The van der Waals surface area contributed by atoms with E-state index in [1.165, 1.54) is 0 Å². The first-order valence-corrected chi connectivity index (χ1v) is 10.9. The summed E-state index contributed by atoms with van der Waals surface area (Å²) in [5.41, 5.74) is 8.02. The molecule has 0 unspecified atom stereocenters. The Kier molecular flexibility index (Phi) is 7.17. The molecule has 0 aromatic heterocycles. The van der Waals surface area contributed by atoms with Crippen LogP contribution in [0, 0.1) is 5.92 Å². The summed E-state index contributed by atoms with van der Waals surface area (Å²) < 4.78 is 16.5. The second-order valence-electron chi connectivity index (χ2n) is 7.86. The summed E-state index contributed by atoms with van der Waals surface area (Å²) in [5, 5.41) is 0. The Bertz CT molecular complexity index is 1130. The SMILES string of the molecule is COc1ccc(N2C[C@@H](C(=O)NNc3ccc(OCc4ccccc4)c(OC)c3)CC2=O)cc1. The van der Waals surface area contributed by atoms with Crippen molar-refractivity contribution in [3.05, 3.63) is 78.4 Å². The van der Waals surface area contributed by atoms with Gasteiger partial charge in [-0.3, -0.25) is 20.4 Å². The predicted octanol–water partition coefficient (Wildman–Crippen LogP) is 3.78. The number of amides is 2. The Hall–Kier alpha value is -4.20. The van der Waals surface area contributed by atoms with Crippen molar-refractivity contribution in [2.75, 3.05) is 31.1 Å². The fraction of sp³-hybridized carbons (Fsp3) is 0.231. The van der Waals surface area contributed by atoms with Crippen molar-refractivity contribution in [1.29, 1.82) is 0 Å². The summed E-state index contributed by atoms with van der Waals surface area (Å²) in [6.45, 7) is 0.732. The van der Waals surface area contributed by atoms with Crippen LogP contribution in [-0.4, -0.2) is 32.6 Å². The van der Waals surface area contributed by atoms with E-state index >= 15 is 0 Å². The van der Waals surface area contributed by atoms with Gasteiger partial charge in [-0.15, -0.1) is 0 Å². The number of hydrogen-bond donors (Lipinski definition) is 2. The maximum absolute atomic E-state index is 12.7. The summed E-state index contributed by atoms with van der Waals surface area (Å²) in [7, 11) is 3.15. The first kappa shape index (κ1) is 23.0. The third kappa shape index (κ3) is 5.40. The van der Waals surface area contributed by atoms with Crippen molar-refractivity contribution < 1.29 is 23.8 Å². The molecule has 1 fully saturated rings. The lowest BCUT2D eigenvalue weighted by Gasteiger charge is -2.17. The predicted molar refractivity (Wildman–Crippen MR) is 129 cm³/mol. The Labute approximate surface area is 198 Å². The number of nitrogens with one attached hydrogen (secondary N) is 2. The van der Waals surface area contributed by atoms with Crippen molar-refractivity contribution in [3.63, 3.8) is 0 Å². The molecule has 1 aliphatic rings. The van der Waals surface area contributed by atoms with Crippen LogP contribution in [0.5, 0.6) is 17.2 Å². The molecule has 4 rings (SSSR count). The Morgan fingerprint density at radius 2 is 1.74 bits per heavy atom. The van der Waals surface area contributed by atoms with E-state index in [1.807, 2.05) is 42.5 Å². The lowest BCUT2D eigenvalue weighted by atomic mass is 10.1. The van der Waals surface area contributed by atoms with Crippen molar-refractivity contribution >= 4 is 23.2 Å². The number of hydrazine groups is 1. The van der Waals surface area contributed by atoms with E-state index in [2.05, 4.69) is 10.9 Å². The molecule has 3 aromatic rings. The molecule has 1 saturated heterocycles. The van der Waals surface area contributed by atoms with Gasteiger partial charge in [0.05, 0.1) is 25.8 Å². The number of nitrogens with zero attached hydrogens (tertiary/aromatic N) is 1. The smallest absolute Gasteiger partial charge is 0.243 e. The molecule has 1 heterocycles. The highest BCUT2D eigenvalue weighted by atomic mass is 16.5. The van der Waals surface area contributed by atoms with Crippen LogP contribution in [0.15, 0.2) is 72.8 Å². The average Bonchev–Trinajstić information content (AvgIpc) is 3.28. The van der Waals surface area contributed by atoms with Gasteiger partial charge in [-0.2, -0.15) is 0 Å². The maximum atomic E-state index is 12.7. The minimum Gasteiger partial charge on any atom is -0.497 e. The molecule has 3 aromatic carbocycles. The van der Waals surface area contributed by atoms with Gasteiger partial charge in [0.25, 0.3) is 0 Å². The third-order valence-electron chi connectivity index (χ3n) is 5.61. The zero-order valence-electron chi connectivity index (χ0n) is 19.1. The zero-order chi connectivity index (χ0) is 23.9. The summed E-state index contributed by atoms with van der Waals surface area (Å²) in [5.74, 6) is 1.04. The molecule has 8 nitrogen and oxygen atoms in total. The fourth-order valence-electron chi connectivity index (χ4n) is 3.73. The maximum Gasteiger partial charge on any atom is 0.243 e. The molecule has 34 heavy (non-hydrogen) atoms. The lowest BCUT2D eigenvalue weighted by molar-refractivity contribution is -0.125. The number of methoxy groups -OCH3 is 2. The molecule has 8 heteroatoms. The van der Waals surface area contributed by atoms with E-state index in [0.717, 1.165) is 11.3 Å². The van der Waals surface area contributed by atoms with Crippen LogP contribution in [0.25, 0.3) is 0 Å². The standard InChI is InChI=1S/C26H27N3O5/c1-32-22-11-9-21(10-12-22)29-16-19(14-25(29)30)26(31)28-27-20-8-13-23(24(15-20)33-2)34-17-18-6-4-3-5-7-18/h3-13,15,19,27H,14,16-17H2,1-2H3,(H,28,31)/t19-/m0/s1. The summed E-state index contributed by atoms with van der Waals surface area (Å²) in [6, 6.07) is 22.3. The molecular weight excluding hydrogens is 434 g/mol. The van der Waals surface area contributed by atoms with E-state index in [-0.39, 0.29) is 18.2 Å². The van der Waals surface area contributed by atoms with Gasteiger partial charge >= 0.3 is 0 Å². The molecular formula is C26H27N3O5. The van der Waals surface area contributed by atoms with Crippen LogP contribution >= 0.6 is 0 Å². The monoisotopic (exact) mass is 461 g/mol. The third-order valence-corrected chi connectivity index (χ3v) is 5.61. The minimum absolute atomic E-state index is 0.0908. The number of benzene rings is 3. The molecule has 2 N–H and O–H groups in total. The number of carbonyl (C=O) groups is 2. The van der Waals surface area contributed by atoms with E-state index in [4.69, 9.17) is 14.2 Å². The van der Waals surface area contributed by atoms with Crippen molar-refractivity contribution in [2.45, 2.75) is 13.0 Å². The number of rotatable bonds is 9. The van der Waals surface area contributed by atoms with Crippen LogP contribution in [0.2, 0.25) is 0 Å². The first-order valence-electron chi connectivity index (χ1n) is 10.9. The van der Waals surface area contributed by atoms with E-state index < -0.39 is 5.92 Å². The van der Waals surface area contributed by atoms with Crippen molar-refractivity contribution in [3.8, 4) is 17.2 Å². The molecule has 2 amide bonds. The van der Waals surface area contributed by atoms with Gasteiger partial charge in [0.15, 0.2) is 11.5 Å². The normalized spacial score (nSPS) is 15.1. The highest BCUT2D eigenvalue weighted by molar-refractivity contribution is 6.00. The van der Waals surface area contributed by atoms with E-state index in [1.54, 1.807) is 49.5 Å². The molecule has 176 valence electrons. The average molecular weight is 462 g/mol. The summed E-state index contributed by atoms with van der Waals surface area (Å²) in [4.78, 5) is 26.8. The molecule has 1 atom stereocenters. The topological polar surface area (TPSA) is 89.1 Å². The number of hydrogen-bond acceptors (Lipinski definition) is 6. The molecule has 0 spiro atoms. The second kappa shape index (κ2) is 10.6. The minimum atomic E-state index is -0.461. The Morgan fingerprint density at radius 3 is 2.44 bits per heavy atom. The van der Waals surface area contributed by atoms with Crippen molar-refractivity contribution in [1.82, 2.24) is 5.43 Å². The highest BCUT2D eigenvalue weighted by Gasteiger charge is 2.35. The molecule has 0 radical (unpaired) electrons. The van der Waals surface area contributed by atoms with Crippen LogP contribution in [0.3, 0.4) is 0 Å². The van der Waals surface area contributed by atoms with Crippen LogP contribution < -0.4 is 30.0 Å². The molecule has 0 bridgehead atoms. The molecule has 1 aliphatic heterocycles. The number of anilines is 2. The molecule has 0 saturated carbocycles. The number of carbonyl (C=O) groups excluding carboxylic acids is 2. The fourth-order valence-corrected chi connectivity index (χ4v) is 3.73. The van der Waals surface area contributed by atoms with Gasteiger partial charge in [0.1, 0.15) is 12.4 Å². The second-order valence-corrected chi connectivity index (χ2v) is 7.86. The largest absolute Gasteiger partial charge is 0.497 e. The van der Waals surface area contributed by atoms with E-state index in [9.17, 15) is 9.59 Å². The summed E-state index contributed by atoms with van der Waals surface area (Å²) >= 11 is 0. The van der Waals surface area contributed by atoms with Gasteiger partial charge in [0, 0.05) is 24.7 Å². The van der Waals surface area contributed by atoms with E-state index in [0.29, 0.717) is 36.1 Å². The van der Waals surface area contributed by atoms with Crippen molar-refractivity contribution in [2.24, 2.45) is 5.92 Å². The van der Waals surface area contributed by atoms with Gasteiger partial charge in [-0.25, -0.2) is 0 Å². The van der Waals surface area contributed by atoms with Gasteiger partial charge in [-0.05, 0) is 42.0 Å². The lowest BCUT2D eigenvalue weighted by Crippen LogP contribution is -2.36. The number of ether oxygens (including phenoxy) is 3. The quantitative estimate of drug-likeness (QED) is 0.472.